The maximum atomic E-state index is 12.8. The van der Waals surface area contributed by atoms with Gasteiger partial charge in [-0.2, -0.15) is 5.10 Å². The van der Waals surface area contributed by atoms with Crippen LogP contribution in [0.1, 0.15) is 52.4 Å². The van der Waals surface area contributed by atoms with E-state index >= 15 is 0 Å². The van der Waals surface area contributed by atoms with Crippen LogP contribution in [0.15, 0.2) is 61.4 Å². The molecule has 8 nitrogen and oxygen atoms in total. The molecule has 1 saturated heterocycles. The number of nitrogens with two attached hydrogens (primary N) is 1. The average Bonchev–Trinajstić information content (AvgIpc) is 3.34. The summed E-state index contributed by atoms with van der Waals surface area (Å²) in [6, 6.07) is 13.9. The Morgan fingerprint density at radius 1 is 1.13 bits per heavy atom. The van der Waals surface area contributed by atoms with Gasteiger partial charge in [-0.3, -0.25) is 9.59 Å². The van der Waals surface area contributed by atoms with E-state index in [0.717, 1.165) is 40.7 Å². The second-order valence-electron chi connectivity index (χ2n) is 9.90. The topological polar surface area (TPSA) is 107 Å². The Kier molecular flexibility index (Phi) is 7.05. The van der Waals surface area contributed by atoms with Gasteiger partial charge in [0.15, 0.2) is 11.4 Å². The van der Waals surface area contributed by atoms with Crippen LogP contribution in [0.3, 0.4) is 0 Å². The van der Waals surface area contributed by atoms with E-state index in [1.807, 2.05) is 61.0 Å². The third kappa shape index (κ3) is 4.81. The van der Waals surface area contributed by atoms with Crippen molar-refractivity contribution in [2.24, 2.45) is 0 Å². The molecule has 1 aliphatic heterocycles. The number of nitrogens with zero attached hydrogens (tertiary/aromatic N) is 5. The lowest BCUT2D eigenvalue weighted by molar-refractivity contribution is -0.127. The van der Waals surface area contributed by atoms with Crippen molar-refractivity contribution < 1.29 is 9.59 Å². The fourth-order valence-corrected chi connectivity index (χ4v) is 5.21. The molecule has 38 heavy (non-hydrogen) atoms. The first-order valence-corrected chi connectivity index (χ1v) is 13.0. The molecular formula is C30H32N6O2. The summed E-state index contributed by atoms with van der Waals surface area (Å²) < 4.78 is 1.89. The summed E-state index contributed by atoms with van der Waals surface area (Å²) in [4.78, 5) is 35.6. The predicted octanol–water partition coefficient (Wildman–Crippen LogP) is 4.86. The third-order valence-corrected chi connectivity index (χ3v) is 7.52. The first kappa shape index (κ1) is 25.3. The van der Waals surface area contributed by atoms with Crippen molar-refractivity contribution in [1.82, 2.24) is 24.6 Å². The van der Waals surface area contributed by atoms with Crippen LogP contribution < -0.4 is 5.73 Å². The van der Waals surface area contributed by atoms with Crippen LogP contribution in [0, 0.1) is 13.8 Å². The number of aryl methyl sites for hydroxylation is 2. The highest BCUT2D eigenvalue weighted by Gasteiger charge is 2.28. The minimum atomic E-state index is -0.0767. The van der Waals surface area contributed by atoms with Crippen LogP contribution in [-0.2, 0) is 11.2 Å². The first-order chi connectivity index (χ1) is 18.4. The number of carbonyl (C=O) groups excluding carboxylic acids is 2. The number of aromatic nitrogens is 4. The number of amides is 1. The van der Waals surface area contributed by atoms with Crippen LogP contribution in [0.2, 0.25) is 0 Å². The number of ketones is 1. The van der Waals surface area contributed by atoms with E-state index in [9.17, 15) is 9.59 Å². The number of carbonyl (C=O) groups is 2. The molecule has 1 unspecified atom stereocenters. The van der Waals surface area contributed by atoms with Gasteiger partial charge in [-0.15, -0.1) is 0 Å². The standard InChI is InChI=1S/C30H32N6O2/c1-4-26(38)35-16-6-8-23(17-35)36-30-27(29(31)32-18-33-30)28(34-36)22-13-10-21(11-14-22)12-15-25(37)24-9-5-7-19(2)20(24)3/h4-5,7,9-11,13-14,18,23H,1,6,8,12,15-17H2,2-3H3,(H2,31,32,33). The van der Waals surface area contributed by atoms with Gasteiger partial charge in [0, 0.05) is 30.6 Å². The van der Waals surface area contributed by atoms with E-state index in [4.69, 9.17) is 10.8 Å². The Bertz CT molecular complexity index is 1520. The first-order valence-electron chi connectivity index (χ1n) is 13.0. The summed E-state index contributed by atoms with van der Waals surface area (Å²) in [5.74, 6) is 0.447. The van der Waals surface area contributed by atoms with Gasteiger partial charge in [0.05, 0.1) is 11.4 Å². The molecule has 3 heterocycles. The summed E-state index contributed by atoms with van der Waals surface area (Å²) >= 11 is 0. The molecule has 194 valence electrons. The Morgan fingerprint density at radius 3 is 2.68 bits per heavy atom. The van der Waals surface area contributed by atoms with E-state index in [2.05, 4.69) is 16.5 Å². The summed E-state index contributed by atoms with van der Waals surface area (Å²) in [6.07, 6.45) is 5.66. The van der Waals surface area contributed by atoms with Crippen molar-refractivity contribution in [3.63, 3.8) is 0 Å². The van der Waals surface area contributed by atoms with Gasteiger partial charge in [0.25, 0.3) is 0 Å². The fourth-order valence-electron chi connectivity index (χ4n) is 5.21. The Morgan fingerprint density at radius 2 is 1.92 bits per heavy atom. The van der Waals surface area contributed by atoms with Crippen LogP contribution in [0.4, 0.5) is 5.82 Å². The lowest BCUT2D eigenvalue weighted by Gasteiger charge is -2.32. The van der Waals surface area contributed by atoms with Gasteiger partial charge >= 0.3 is 0 Å². The highest BCUT2D eigenvalue weighted by molar-refractivity contribution is 5.99. The normalized spacial score (nSPS) is 15.5. The zero-order chi connectivity index (χ0) is 26.8. The Balaban J connectivity index is 1.39. The number of likely N-dealkylation sites (tertiary alicyclic amines) is 1. The third-order valence-electron chi connectivity index (χ3n) is 7.52. The average molecular weight is 509 g/mol. The lowest BCUT2D eigenvalue weighted by atomic mass is 9.96. The lowest BCUT2D eigenvalue weighted by Crippen LogP contribution is -2.40. The molecule has 2 N–H and O–H groups in total. The molecule has 0 saturated carbocycles. The summed E-state index contributed by atoms with van der Waals surface area (Å²) in [5, 5.41) is 5.65. The second-order valence-corrected chi connectivity index (χ2v) is 9.90. The SMILES string of the molecule is C=CC(=O)N1CCCC(n2nc(-c3ccc(CCC(=O)c4cccc(C)c4C)cc3)c3c(N)ncnc32)C1. The number of hydrogen-bond acceptors (Lipinski definition) is 6. The van der Waals surface area contributed by atoms with E-state index in [1.165, 1.54) is 12.4 Å². The van der Waals surface area contributed by atoms with Crippen molar-refractivity contribution in [2.75, 3.05) is 18.8 Å². The summed E-state index contributed by atoms with van der Waals surface area (Å²) in [7, 11) is 0. The zero-order valence-corrected chi connectivity index (χ0v) is 21.9. The van der Waals surface area contributed by atoms with Gasteiger partial charge in [-0.1, -0.05) is 49.0 Å². The molecule has 0 radical (unpaired) electrons. The molecule has 4 aromatic rings. The maximum Gasteiger partial charge on any atom is 0.246 e. The molecule has 1 aliphatic rings. The molecule has 8 heteroatoms. The van der Waals surface area contributed by atoms with Gasteiger partial charge in [0.2, 0.25) is 5.91 Å². The molecule has 1 atom stereocenters. The summed E-state index contributed by atoms with van der Waals surface area (Å²) in [6.45, 7) is 8.89. The number of benzene rings is 2. The second kappa shape index (κ2) is 10.6. The van der Waals surface area contributed by atoms with Crippen LogP contribution in [-0.4, -0.2) is 49.4 Å². The number of Topliss-reactive ketones (excluding diaryl/α,β-unsaturated/α-hetero) is 1. The predicted molar refractivity (Wildman–Crippen MR) is 149 cm³/mol. The highest BCUT2D eigenvalue weighted by Crippen LogP contribution is 2.34. The number of hydrogen-bond donors (Lipinski definition) is 1. The van der Waals surface area contributed by atoms with Gasteiger partial charge < -0.3 is 10.6 Å². The van der Waals surface area contributed by atoms with Crippen LogP contribution >= 0.6 is 0 Å². The zero-order valence-electron chi connectivity index (χ0n) is 21.9. The molecular weight excluding hydrogens is 476 g/mol. The molecule has 1 amide bonds. The van der Waals surface area contributed by atoms with Crippen molar-refractivity contribution in [3.8, 4) is 11.3 Å². The maximum absolute atomic E-state index is 12.8. The molecule has 0 aliphatic carbocycles. The van der Waals surface area contributed by atoms with Gasteiger partial charge in [-0.25, -0.2) is 14.6 Å². The van der Waals surface area contributed by atoms with E-state index in [0.29, 0.717) is 48.5 Å². The molecule has 0 spiro atoms. The number of piperidine rings is 1. The summed E-state index contributed by atoms with van der Waals surface area (Å²) in [5.41, 5.74) is 12.6. The quantitative estimate of drug-likeness (QED) is 0.282. The van der Waals surface area contributed by atoms with Crippen molar-refractivity contribution >= 4 is 28.5 Å². The number of anilines is 1. The van der Waals surface area contributed by atoms with Crippen molar-refractivity contribution in [1.29, 1.82) is 0 Å². The Labute approximate surface area is 222 Å². The molecule has 2 aromatic carbocycles. The van der Waals surface area contributed by atoms with Gasteiger partial charge in [0.1, 0.15) is 17.8 Å². The van der Waals surface area contributed by atoms with Gasteiger partial charge in [-0.05, 0) is 55.9 Å². The number of nitrogen functional groups attached to an aromatic ring is 1. The fraction of sp³-hybridized carbons (Fsp3) is 0.300. The Hall–Kier alpha value is -4.33. The molecule has 5 rings (SSSR count). The molecule has 0 bridgehead atoms. The van der Waals surface area contributed by atoms with Crippen molar-refractivity contribution in [3.05, 3.63) is 83.7 Å². The monoisotopic (exact) mass is 508 g/mol. The molecule has 2 aromatic heterocycles. The smallest absolute Gasteiger partial charge is 0.246 e. The number of rotatable bonds is 7. The number of fused-ring (bicyclic) bond motifs is 1. The van der Waals surface area contributed by atoms with E-state index in [-0.39, 0.29) is 17.7 Å². The van der Waals surface area contributed by atoms with Crippen LogP contribution in [0.25, 0.3) is 22.3 Å². The van der Waals surface area contributed by atoms with Crippen molar-refractivity contribution in [2.45, 2.75) is 45.6 Å². The minimum absolute atomic E-state index is 0.0198. The van der Waals surface area contributed by atoms with E-state index < -0.39 is 0 Å². The van der Waals surface area contributed by atoms with E-state index in [1.54, 1.807) is 4.90 Å². The van der Waals surface area contributed by atoms with Crippen LogP contribution in [0.5, 0.6) is 0 Å². The largest absolute Gasteiger partial charge is 0.383 e. The highest BCUT2D eigenvalue weighted by atomic mass is 16.2. The molecule has 1 fully saturated rings. The minimum Gasteiger partial charge on any atom is -0.383 e.